The topological polar surface area (TPSA) is 75.2 Å². The van der Waals surface area contributed by atoms with Gasteiger partial charge in [-0.2, -0.15) is 0 Å². The van der Waals surface area contributed by atoms with Crippen LogP contribution in [0.25, 0.3) is 15.1 Å². The zero-order valence-electron chi connectivity index (χ0n) is 17.4. The fourth-order valence-corrected chi connectivity index (χ4v) is 6.49. The van der Waals surface area contributed by atoms with Crippen LogP contribution in [-0.4, -0.2) is 22.9 Å². The highest BCUT2D eigenvalue weighted by atomic mass is 35.5. The van der Waals surface area contributed by atoms with Crippen molar-refractivity contribution in [2.75, 3.05) is 11.9 Å². The third kappa shape index (κ3) is 4.19. The smallest absolute Gasteiger partial charge is 0.320 e. The molecule has 3 N–H and O–H groups in total. The molecule has 4 heterocycles. The number of hydrogen-bond donors (Lipinski definition) is 3. The standard InChI is InChI=1S/C23H22N4O2S2.ClH/c1-14(28)20-16-6-2-3-7-18(16)30-21(20)26-23(29)25-12-17-15-8-9-24-13-19(15)31-22(17)27-10-4-5-11-27;/h2-7,10-11,24H,8-9,12-13H2,1H3,(H2,25,26,29);1H. The average molecular weight is 487 g/mol. The van der Waals surface area contributed by atoms with E-state index in [1.54, 1.807) is 11.3 Å². The van der Waals surface area contributed by atoms with Gasteiger partial charge in [0.05, 0.1) is 5.56 Å². The lowest BCUT2D eigenvalue weighted by Crippen LogP contribution is -2.29. The van der Waals surface area contributed by atoms with Crippen molar-refractivity contribution in [1.29, 1.82) is 0 Å². The Morgan fingerprint density at radius 1 is 1.12 bits per heavy atom. The number of carbonyl (C=O) groups is 2. The second-order valence-corrected chi connectivity index (χ2v) is 9.61. The number of carbonyl (C=O) groups excluding carboxylic acids is 2. The van der Waals surface area contributed by atoms with Gasteiger partial charge in [-0.3, -0.25) is 10.1 Å². The number of thiophene rings is 2. The Morgan fingerprint density at radius 3 is 2.69 bits per heavy atom. The number of hydrogen-bond acceptors (Lipinski definition) is 5. The maximum Gasteiger partial charge on any atom is 0.320 e. The number of aromatic nitrogens is 1. The van der Waals surface area contributed by atoms with E-state index in [1.807, 2.05) is 48.8 Å². The van der Waals surface area contributed by atoms with Crippen molar-refractivity contribution in [3.8, 4) is 5.00 Å². The molecule has 0 fully saturated rings. The molecule has 0 saturated heterocycles. The molecule has 0 atom stereocenters. The van der Waals surface area contributed by atoms with Gasteiger partial charge in [-0.05, 0) is 43.7 Å². The molecule has 1 aromatic carbocycles. The Morgan fingerprint density at radius 2 is 1.91 bits per heavy atom. The predicted molar refractivity (Wildman–Crippen MR) is 134 cm³/mol. The van der Waals surface area contributed by atoms with E-state index in [-0.39, 0.29) is 24.2 Å². The second kappa shape index (κ2) is 9.46. The summed E-state index contributed by atoms with van der Waals surface area (Å²) in [5.74, 6) is -0.0537. The van der Waals surface area contributed by atoms with Gasteiger partial charge in [-0.15, -0.1) is 35.1 Å². The van der Waals surface area contributed by atoms with Gasteiger partial charge in [-0.25, -0.2) is 4.79 Å². The highest BCUT2D eigenvalue weighted by Crippen LogP contribution is 2.36. The molecule has 9 heteroatoms. The first kappa shape index (κ1) is 22.5. The van der Waals surface area contributed by atoms with Crippen LogP contribution in [-0.2, 0) is 19.5 Å². The molecule has 0 radical (unpaired) electrons. The van der Waals surface area contributed by atoms with Gasteiger partial charge >= 0.3 is 6.03 Å². The Balaban J connectivity index is 0.00000245. The van der Waals surface area contributed by atoms with Crippen LogP contribution in [0.2, 0.25) is 0 Å². The van der Waals surface area contributed by atoms with Crippen LogP contribution in [0.15, 0.2) is 48.8 Å². The first-order valence-electron chi connectivity index (χ1n) is 10.2. The minimum absolute atomic E-state index is 0. The van der Waals surface area contributed by atoms with Gasteiger partial charge in [0.1, 0.15) is 10.0 Å². The van der Waals surface area contributed by atoms with Crippen molar-refractivity contribution in [3.05, 3.63) is 70.4 Å². The van der Waals surface area contributed by atoms with E-state index in [0.29, 0.717) is 17.1 Å². The maximum atomic E-state index is 12.8. The van der Waals surface area contributed by atoms with Gasteiger partial charge in [0, 0.05) is 46.0 Å². The molecular weight excluding hydrogens is 464 g/mol. The van der Waals surface area contributed by atoms with Crippen LogP contribution >= 0.6 is 35.1 Å². The molecule has 0 spiro atoms. The average Bonchev–Trinajstić information content (AvgIpc) is 3.48. The van der Waals surface area contributed by atoms with E-state index >= 15 is 0 Å². The summed E-state index contributed by atoms with van der Waals surface area (Å²) < 4.78 is 3.09. The van der Waals surface area contributed by atoms with Crippen molar-refractivity contribution in [1.82, 2.24) is 15.2 Å². The van der Waals surface area contributed by atoms with Gasteiger partial charge in [0.25, 0.3) is 0 Å². The quantitative estimate of drug-likeness (QED) is 0.333. The molecule has 1 aliphatic rings. The van der Waals surface area contributed by atoms with E-state index in [0.717, 1.165) is 40.2 Å². The Labute approximate surface area is 200 Å². The molecule has 166 valence electrons. The molecule has 1 aliphatic heterocycles. The SMILES string of the molecule is CC(=O)c1c(NC(=O)NCc2c(-n3cccc3)sc3c2CCNC3)sc2ccccc12.Cl. The zero-order chi connectivity index (χ0) is 21.4. The molecule has 3 aromatic heterocycles. The molecule has 32 heavy (non-hydrogen) atoms. The van der Waals surface area contributed by atoms with Crippen LogP contribution in [0, 0.1) is 0 Å². The van der Waals surface area contributed by atoms with Gasteiger partial charge in [0.15, 0.2) is 5.78 Å². The number of Topliss-reactive ketones (excluding diaryl/α,β-unsaturated/α-hetero) is 1. The summed E-state index contributed by atoms with van der Waals surface area (Å²) in [6, 6.07) is 11.4. The number of amides is 2. The van der Waals surface area contributed by atoms with E-state index in [4.69, 9.17) is 0 Å². The number of fused-ring (bicyclic) bond motifs is 2. The summed E-state index contributed by atoms with van der Waals surface area (Å²) in [7, 11) is 0. The number of anilines is 1. The fourth-order valence-electron chi connectivity index (χ4n) is 4.05. The maximum absolute atomic E-state index is 12.8. The third-order valence-electron chi connectivity index (χ3n) is 5.46. The molecule has 6 nitrogen and oxygen atoms in total. The molecular formula is C23H23ClN4O2S2. The summed E-state index contributed by atoms with van der Waals surface area (Å²) >= 11 is 3.20. The number of urea groups is 1. The second-order valence-electron chi connectivity index (χ2n) is 7.47. The van der Waals surface area contributed by atoms with Gasteiger partial charge < -0.3 is 15.2 Å². The molecule has 0 aliphatic carbocycles. The zero-order valence-corrected chi connectivity index (χ0v) is 19.9. The Bertz CT molecular complexity index is 1280. The highest BCUT2D eigenvalue weighted by molar-refractivity contribution is 7.23. The van der Waals surface area contributed by atoms with E-state index < -0.39 is 0 Å². The van der Waals surface area contributed by atoms with Crippen molar-refractivity contribution in [2.24, 2.45) is 0 Å². The highest BCUT2D eigenvalue weighted by Gasteiger charge is 2.22. The van der Waals surface area contributed by atoms with Crippen LogP contribution in [0.4, 0.5) is 9.80 Å². The lowest BCUT2D eigenvalue weighted by molar-refractivity contribution is 0.102. The van der Waals surface area contributed by atoms with E-state index in [9.17, 15) is 9.59 Å². The number of halogens is 1. The third-order valence-corrected chi connectivity index (χ3v) is 7.83. The van der Waals surface area contributed by atoms with Crippen molar-refractivity contribution in [2.45, 2.75) is 26.4 Å². The minimum Gasteiger partial charge on any atom is -0.334 e. The first-order valence-corrected chi connectivity index (χ1v) is 11.8. The van der Waals surface area contributed by atoms with E-state index in [1.165, 1.54) is 28.7 Å². The van der Waals surface area contributed by atoms with Crippen LogP contribution in [0.3, 0.4) is 0 Å². The lowest BCUT2D eigenvalue weighted by Gasteiger charge is -2.15. The Hall–Kier alpha value is -2.65. The number of nitrogens with zero attached hydrogens (tertiary/aromatic N) is 1. The molecule has 0 unspecified atom stereocenters. The molecule has 0 saturated carbocycles. The minimum atomic E-state index is -0.304. The largest absolute Gasteiger partial charge is 0.334 e. The fraction of sp³-hybridized carbons (Fsp3) is 0.217. The lowest BCUT2D eigenvalue weighted by atomic mass is 10.0. The van der Waals surface area contributed by atoms with Crippen LogP contribution in [0.5, 0.6) is 0 Å². The van der Waals surface area contributed by atoms with Crippen LogP contribution < -0.4 is 16.0 Å². The summed E-state index contributed by atoms with van der Waals surface area (Å²) in [5.41, 5.74) is 3.07. The van der Waals surface area contributed by atoms with E-state index in [2.05, 4.69) is 20.5 Å². The first-order chi connectivity index (χ1) is 15.1. The summed E-state index contributed by atoms with van der Waals surface area (Å²) in [4.78, 5) is 26.3. The summed E-state index contributed by atoms with van der Waals surface area (Å²) in [6.07, 6.45) is 5.02. The predicted octanol–water partition coefficient (Wildman–Crippen LogP) is 5.35. The normalized spacial score (nSPS) is 12.8. The molecule has 4 aromatic rings. The number of rotatable bonds is 5. The van der Waals surface area contributed by atoms with Crippen molar-refractivity contribution in [3.63, 3.8) is 0 Å². The molecule has 5 rings (SSSR count). The van der Waals surface area contributed by atoms with Crippen molar-refractivity contribution >= 4 is 62.0 Å². The van der Waals surface area contributed by atoms with Crippen molar-refractivity contribution < 1.29 is 9.59 Å². The molecule has 0 bridgehead atoms. The van der Waals surface area contributed by atoms with Gasteiger partial charge in [0.2, 0.25) is 0 Å². The number of ketones is 1. The number of nitrogens with one attached hydrogen (secondary N) is 3. The summed E-state index contributed by atoms with van der Waals surface area (Å²) in [6.45, 7) is 3.78. The number of benzene rings is 1. The van der Waals surface area contributed by atoms with Crippen LogP contribution in [0.1, 0.15) is 33.3 Å². The monoisotopic (exact) mass is 486 g/mol. The molecule has 2 amide bonds. The summed E-state index contributed by atoms with van der Waals surface area (Å²) in [5, 5.41) is 12.0. The Kier molecular flexibility index (Phi) is 6.66. The van der Waals surface area contributed by atoms with Gasteiger partial charge in [-0.1, -0.05) is 18.2 Å².